The first-order chi connectivity index (χ1) is 11.7. The van der Waals surface area contributed by atoms with E-state index in [0.717, 1.165) is 10.8 Å². The number of carbonyl (C=O) groups is 1. The lowest BCUT2D eigenvalue weighted by Gasteiger charge is -2.14. The van der Waals surface area contributed by atoms with Crippen LogP contribution < -0.4 is 0 Å². The van der Waals surface area contributed by atoms with Gasteiger partial charge in [0.2, 0.25) is 0 Å². The SMILES string of the molecule is C=C(/C=C\C(C)(C)C)C(=N)c1cc2ccccc2cc1C(=O)OCC. The van der Waals surface area contributed by atoms with Crippen molar-refractivity contribution in [1.82, 2.24) is 0 Å². The number of fused-ring (bicyclic) bond motifs is 1. The lowest BCUT2D eigenvalue weighted by molar-refractivity contribution is 0.0526. The van der Waals surface area contributed by atoms with Crippen molar-refractivity contribution in [3.8, 4) is 0 Å². The van der Waals surface area contributed by atoms with Gasteiger partial charge in [0.25, 0.3) is 0 Å². The predicted octanol–water partition coefficient (Wildman–Crippen LogP) is 5.54. The largest absolute Gasteiger partial charge is 0.462 e. The number of rotatable bonds is 5. The van der Waals surface area contributed by atoms with E-state index < -0.39 is 5.97 Å². The molecule has 0 amide bonds. The van der Waals surface area contributed by atoms with Gasteiger partial charge in [0.05, 0.1) is 17.9 Å². The molecular weight excluding hydrogens is 310 g/mol. The van der Waals surface area contributed by atoms with Crippen LogP contribution in [0.15, 0.2) is 60.7 Å². The highest BCUT2D eigenvalue weighted by molar-refractivity contribution is 6.18. The second-order valence-electron chi connectivity index (χ2n) is 7.07. The van der Waals surface area contributed by atoms with E-state index in [4.69, 9.17) is 10.1 Å². The lowest BCUT2D eigenvalue weighted by Crippen LogP contribution is -2.13. The highest BCUT2D eigenvalue weighted by Crippen LogP contribution is 2.24. The molecule has 0 aromatic heterocycles. The Hall–Kier alpha value is -2.68. The molecule has 0 fully saturated rings. The van der Waals surface area contributed by atoms with Gasteiger partial charge in [-0.1, -0.05) is 63.8 Å². The zero-order valence-corrected chi connectivity index (χ0v) is 15.3. The van der Waals surface area contributed by atoms with Gasteiger partial charge >= 0.3 is 5.97 Å². The van der Waals surface area contributed by atoms with Crippen LogP contribution in [0.4, 0.5) is 0 Å². The summed E-state index contributed by atoms with van der Waals surface area (Å²) in [5.74, 6) is -0.416. The maximum Gasteiger partial charge on any atom is 0.338 e. The van der Waals surface area contributed by atoms with Gasteiger partial charge in [0.1, 0.15) is 0 Å². The molecule has 25 heavy (non-hydrogen) atoms. The lowest BCUT2D eigenvalue weighted by atomic mass is 9.91. The third-order valence-electron chi connectivity index (χ3n) is 3.76. The molecule has 2 aromatic rings. The summed E-state index contributed by atoms with van der Waals surface area (Å²) in [4.78, 5) is 12.4. The minimum atomic E-state index is -0.416. The Morgan fingerprint density at radius 1 is 1.16 bits per heavy atom. The zero-order valence-electron chi connectivity index (χ0n) is 15.3. The van der Waals surface area contributed by atoms with Crippen molar-refractivity contribution in [2.24, 2.45) is 5.41 Å². The first-order valence-corrected chi connectivity index (χ1v) is 8.40. The van der Waals surface area contributed by atoms with Gasteiger partial charge in [-0.15, -0.1) is 0 Å². The summed E-state index contributed by atoms with van der Waals surface area (Å²) in [7, 11) is 0. The highest BCUT2D eigenvalue weighted by atomic mass is 16.5. The van der Waals surface area contributed by atoms with Crippen molar-refractivity contribution in [3.05, 3.63) is 71.8 Å². The van der Waals surface area contributed by atoms with Crippen LogP contribution in [0.5, 0.6) is 0 Å². The van der Waals surface area contributed by atoms with Crippen molar-refractivity contribution in [2.75, 3.05) is 6.61 Å². The standard InChI is InChI=1S/C22H25NO2/c1-6-25-21(24)19-14-17-10-8-7-9-16(17)13-18(19)20(23)15(2)11-12-22(3,4)5/h7-14,23H,2,6H2,1,3-5H3/b12-11-,23-20?. The Labute approximate surface area is 149 Å². The number of ether oxygens (including phenoxy) is 1. The maximum atomic E-state index is 12.4. The summed E-state index contributed by atoms with van der Waals surface area (Å²) in [6.07, 6.45) is 3.85. The van der Waals surface area contributed by atoms with Crippen molar-refractivity contribution < 1.29 is 9.53 Å². The Balaban J connectivity index is 2.52. The summed E-state index contributed by atoms with van der Waals surface area (Å²) in [6.45, 7) is 12.3. The number of hydrogen-bond donors (Lipinski definition) is 1. The van der Waals surface area contributed by atoms with E-state index in [9.17, 15) is 4.79 Å². The average molecular weight is 335 g/mol. The third kappa shape index (κ3) is 4.66. The molecule has 0 aliphatic carbocycles. The molecule has 2 rings (SSSR count). The van der Waals surface area contributed by atoms with Crippen molar-refractivity contribution in [3.63, 3.8) is 0 Å². The Morgan fingerprint density at radius 2 is 1.72 bits per heavy atom. The van der Waals surface area contributed by atoms with Crippen LogP contribution in [0, 0.1) is 10.8 Å². The van der Waals surface area contributed by atoms with Crippen LogP contribution in [-0.4, -0.2) is 18.3 Å². The molecule has 2 aromatic carbocycles. The first-order valence-electron chi connectivity index (χ1n) is 8.40. The van der Waals surface area contributed by atoms with Crippen LogP contribution >= 0.6 is 0 Å². The number of esters is 1. The molecule has 0 heterocycles. The quantitative estimate of drug-likeness (QED) is 0.443. The fourth-order valence-electron chi connectivity index (χ4n) is 2.43. The summed E-state index contributed by atoms with van der Waals surface area (Å²) in [6, 6.07) is 11.4. The molecule has 0 aliphatic heterocycles. The van der Waals surface area contributed by atoms with Crippen LogP contribution in [-0.2, 0) is 4.74 Å². The second kappa shape index (κ2) is 7.47. The number of hydrogen-bond acceptors (Lipinski definition) is 3. The molecule has 0 spiro atoms. The number of carbonyl (C=O) groups excluding carboxylic acids is 1. The number of allylic oxidation sites excluding steroid dienone is 3. The molecule has 1 N–H and O–H groups in total. The summed E-state index contributed by atoms with van der Waals surface area (Å²) in [5, 5.41) is 10.4. The Morgan fingerprint density at radius 3 is 2.24 bits per heavy atom. The molecule has 0 saturated heterocycles. The van der Waals surface area contributed by atoms with Gasteiger partial charge in [-0.25, -0.2) is 4.79 Å². The molecule has 3 heteroatoms. The molecule has 0 atom stereocenters. The molecule has 130 valence electrons. The van der Waals surface area contributed by atoms with Crippen LogP contribution in [0.3, 0.4) is 0 Å². The van der Waals surface area contributed by atoms with Crippen LogP contribution in [0.1, 0.15) is 43.6 Å². The summed E-state index contributed by atoms with van der Waals surface area (Å²) in [5.41, 5.74) is 1.73. The van der Waals surface area contributed by atoms with Crippen molar-refractivity contribution in [1.29, 1.82) is 5.41 Å². The Kier molecular flexibility index (Phi) is 5.58. The summed E-state index contributed by atoms with van der Waals surface area (Å²) < 4.78 is 5.18. The van der Waals surface area contributed by atoms with Gasteiger partial charge in [0.15, 0.2) is 0 Å². The van der Waals surface area contributed by atoms with Crippen molar-refractivity contribution >= 4 is 22.5 Å². The summed E-state index contributed by atoms with van der Waals surface area (Å²) >= 11 is 0. The molecule has 0 radical (unpaired) electrons. The smallest absolute Gasteiger partial charge is 0.338 e. The van der Waals surface area contributed by atoms with E-state index in [-0.39, 0.29) is 11.1 Å². The van der Waals surface area contributed by atoms with E-state index >= 15 is 0 Å². The molecule has 0 saturated carbocycles. The molecular formula is C22H25NO2. The monoisotopic (exact) mass is 335 g/mol. The van der Waals surface area contributed by atoms with Gasteiger partial charge in [-0.3, -0.25) is 5.41 Å². The van der Waals surface area contributed by atoms with E-state index in [2.05, 4.69) is 27.4 Å². The van der Waals surface area contributed by atoms with Crippen molar-refractivity contribution in [2.45, 2.75) is 27.7 Å². The molecule has 0 aliphatic rings. The minimum absolute atomic E-state index is 0.00340. The van der Waals surface area contributed by atoms with Crippen LogP contribution in [0.25, 0.3) is 10.8 Å². The number of nitrogens with one attached hydrogen (secondary N) is 1. The van der Waals surface area contributed by atoms with E-state index in [1.54, 1.807) is 13.0 Å². The van der Waals surface area contributed by atoms with E-state index in [0.29, 0.717) is 23.3 Å². The molecule has 0 bridgehead atoms. The van der Waals surface area contributed by atoms with E-state index in [1.807, 2.05) is 42.5 Å². The second-order valence-corrected chi connectivity index (χ2v) is 7.07. The molecule has 0 unspecified atom stereocenters. The predicted molar refractivity (Wildman–Crippen MR) is 104 cm³/mol. The van der Waals surface area contributed by atoms with Gasteiger partial charge in [-0.2, -0.15) is 0 Å². The zero-order chi connectivity index (χ0) is 18.6. The Bertz CT molecular complexity index is 854. The maximum absolute atomic E-state index is 12.4. The topological polar surface area (TPSA) is 50.2 Å². The van der Waals surface area contributed by atoms with Crippen LogP contribution in [0.2, 0.25) is 0 Å². The molecule has 3 nitrogen and oxygen atoms in total. The van der Waals surface area contributed by atoms with Gasteiger partial charge < -0.3 is 4.74 Å². The van der Waals surface area contributed by atoms with E-state index in [1.165, 1.54) is 0 Å². The first kappa shape index (κ1) is 18.7. The normalized spacial score (nSPS) is 11.7. The third-order valence-corrected chi connectivity index (χ3v) is 3.76. The van der Waals surface area contributed by atoms with Gasteiger partial charge in [-0.05, 0) is 40.8 Å². The number of benzene rings is 2. The fraction of sp³-hybridized carbons (Fsp3) is 0.273. The average Bonchev–Trinajstić information content (AvgIpc) is 2.57. The van der Waals surface area contributed by atoms with Gasteiger partial charge in [0, 0.05) is 5.56 Å². The fourth-order valence-corrected chi connectivity index (χ4v) is 2.43. The highest BCUT2D eigenvalue weighted by Gasteiger charge is 2.18. The minimum Gasteiger partial charge on any atom is -0.462 e.